The van der Waals surface area contributed by atoms with Crippen LogP contribution in [0.1, 0.15) is 27.7 Å². The smallest absolute Gasteiger partial charge is 0.456 e. The quantitative estimate of drug-likeness (QED) is 0.452. The molecule has 1 fully saturated rings. The zero-order chi connectivity index (χ0) is 19.5. The molecule has 0 amide bonds. The van der Waals surface area contributed by atoms with Gasteiger partial charge in [0.1, 0.15) is 0 Å². The minimum absolute atomic E-state index is 0.0281. The van der Waals surface area contributed by atoms with E-state index in [-0.39, 0.29) is 23.6 Å². The van der Waals surface area contributed by atoms with E-state index >= 15 is 0 Å². The predicted octanol–water partition coefficient (Wildman–Crippen LogP) is 4.24. The molecule has 1 aromatic carbocycles. The second kappa shape index (κ2) is 8.07. The number of carbonyl (C=O) groups is 1. The molecule has 1 saturated heterocycles. The van der Waals surface area contributed by atoms with Crippen molar-refractivity contribution in [3.63, 3.8) is 0 Å². The molecular formula is C18H22F3NO4. The van der Waals surface area contributed by atoms with E-state index in [1.165, 1.54) is 19.1 Å². The van der Waals surface area contributed by atoms with Crippen LogP contribution >= 0.6 is 0 Å². The molecule has 2 rings (SSSR count). The van der Waals surface area contributed by atoms with E-state index in [0.29, 0.717) is 0 Å². The molecule has 1 aromatic rings. The molecule has 0 aliphatic carbocycles. The van der Waals surface area contributed by atoms with E-state index in [1.807, 2.05) is 6.92 Å². The topological polar surface area (TPSA) is 57.1 Å². The summed E-state index contributed by atoms with van der Waals surface area (Å²) in [5.41, 5.74) is 0.0918. The molecule has 0 radical (unpaired) electrons. The number of esters is 1. The number of alkyl halides is 3. The number of benzene rings is 1. The van der Waals surface area contributed by atoms with Gasteiger partial charge in [0.05, 0.1) is 11.8 Å². The van der Waals surface area contributed by atoms with Crippen LogP contribution in [0.5, 0.6) is 0 Å². The summed E-state index contributed by atoms with van der Waals surface area (Å²) in [6.45, 7) is 6.60. The van der Waals surface area contributed by atoms with Crippen molar-refractivity contribution in [2.24, 2.45) is 16.8 Å². The number of hydrogen-bond donors (Lipinski definition) is 0. The van der Waals surface area contributed by atoms with Crippen LogP contribution in [0.25, 0.3) is 0 Å². The molecule has 0 saturated carbocycles. The Morgan fingerprint density at radius 1 is 1.08 bits per heavy atom. The van der Waals surface area contributed by atoms with Crippen molar-refractivity contribution in [1.29, 1.82) is 0 Å². The van der Waals surface area contributed by atoms with Crippen molar-refractivity contribution in [2.45, 2.75) is 52.4 Å². The van der Waals surface area contributed by atoms with Crippen LogP contribution in [0.2, 0.25) is 0 Å². The average Bonchev–Trinajstić information content (AvgIpc) is 2.55. The van der Waals surface area contributed by atoms with E-state index in [1.54, 1.807) is 32.0 Å². The molecule has 144 valence electrons. The van der Waals surface area contributed by atoms with Gasteiger partial charge in [-0.25, -0.2) is 4.99 Å². The Morgan fingerprint density at radius 3 is 2.23 bits per heavy atom. The third-order valence-electron chi connectivity index (χ3n) is 4.46. The highest BCUT2D eigenvalue weighted by Crippen LogP contribution is 2.35. The fraction of sp³-hybridized carbons (Fsp3) is 0.556. The maximum Gasteiger partial charge on any atom is 0.468 e. The number of carbonyl (C=O) groups excluding carboxylic acids is 1. The predicted molar refractivity (Wildman–Crippen MR) is 88.9 cm³/mol. The van der Waals surface area contributed by atoms with Gasteiger partial charge in [0.25, 0.3) is 5.90 Å². The van der Waals surface area contributed by atoms with E-state index in [4.69, 9.17) is 14.2 Å². The largest absolute Gasteiger partial charge is 0.468 e. The van der Waals surface area contributed by atoms with Crippen molar-refractivity contribution in [3.8, 4) is 0 Å². The van der Waals surface area contributed by atoms with Gasteiger partial charge in [-0.1, -0.05) is 32.0 Å². The first-order chi connectivity index (χ1) is 12.1. The lowest BCUT2D eigenvalue weighted by atomic mass is 9.84. The molecule has 0 spiro atoms. The molecule has 1 heterocycles. The molecule has 0 N–H and O–H groups in total. The maximum atomic E-state index is 13.4. The molecular weight excluding hydrogens is 351 g/mol. The zero-order valence-corrected chi connectivity index (χ0v) is 15.0. The minimum atomic E-state index is -4.82. The molecule has 1 aliphatic rings. The number of aliphatic imine (C=N–C) groups is 1. The lowest BCUT2D eigenvalue weighted by molar-refractivity contribution is -0.253. The molecule has 26 heavy (non-hydrogen) atoms. The van der Waals surface area contributed by atoms with Crippen LogP contribution < -0.4 is 0 Å². The first kappa shape index (κ1) is 20.2. The maximum absolute atomic E-state index is 13.4. The molecule has 0 bridgehead atoms. The van der Waals surface area contributed by atoms with Gasteiger partial charge in [0.2, 0.25) is 6.29 Å². The summed E-state index contributed by atoms with van der Waals surface area (Å²) in [5, 5.41) is 0. The van der Waals surface area contributed by atoms with Crippen molar-refractivity contribution in [2.75, 3.05) is 0 Å². The van der Waals surface area contributed by atoms with Crippen molar-refractivity contribution in [1.82, 2.24) is 0 Å². The van der Waals surface area contributed by atoms with E-state index in [9.17, 15) is 18.0 Å². The fourth-order valence-corrected chi connectivity index (χ4v) is 2.72. The summed E-state index contributed by atoms with van der Waals surface area (Å²) in [5.74, 6) is -2.34. The Labute approximate surface area is 150 Å². The summed E-state index contributed by atoms with van der Waals surface area (Å²) >= 11 is 0. The standard InChI is InChI=1S/C18H22F3NO4/c1-10-11(2)15(25-13(4)23)16(24-12(10)3)26-17(18(19,20)21)22-14-8-6-5-7-9-14/h5-12,15-16H,1-4H3/b22-17-/t10-,11+,12?,15?,16?/m1/s1. The Kier molecular flexibility index (Phi) is 6.28. The van der Waals surface area contributed by atoms with Crippen LogP contribution in [0.3, 0.4) is 0 Å². The van der Waals surface area contributed by atoms with Gasteiger partial charge in [-0.3, -0.25) is 4.79 Å². The van der Waals surface area contributed by atoms with Crippen LogP contribution in [0, 0.1) is 11.8 Å². The Balaban J connectivity index is 2.32. The number of nitrogens with zero attached hydrogens (tertiary/aromatic N) is 1. The molecule has 1 aliphatic heterocycles. The van der Waals surface area contributed by atoms with Crippen LogP contribution in [-0.2, 0) is 19.0 Å². The lowest BCUT2D eigenvalue weighted by Gasteiger charge is -2.42. The Morgan fingerprint density at radius 2 is 1.69 bits per heavy atom. The highest BCUT2D eigenvalue weighted by Gasteiger charge is 2.47. The van der Waals surface area contributed by atoms with E-state index in [0.717, 1.165) is 0 Å². The first-order valence-corrected chi connectivity index (χ1v) is 8.30. The SMILES string of the molecule is CC(=O)OC1C(O/C(=N\c2ccccc2)C(F)(F)F)OC(C)[C@H](C)[C@@H]1C. The van der Waals surface area contributed by atoms with Gasteiger partial charge in [0, 0.05) is 12.8 Å². The number of halogens is 3. The summed E-state index contributed by atoms with van der Waals surface area (Å²) in [7, 11) is 0. The summed E-state index contributed by atoms with van der Waals surface area (Å²) in [4.78, 5) is 14.9. The number of rotatable bonds is 3. The van der Waals surface area contributed by atoms with Crippen molar-refractivity contribution in [3.05, 3.63) is 30.3 Å². The molecule has 5 nitrogen and oxygen atoms in total. The average molecular weight is 373 g/mol. The number of ether oxygens (including phenoxy) is 3. The third kappa shape index (κ3) is 4.97. The number of hydrogen-bond acceptors (Lipinski definition) is 5. The highest BCUT2D eigenvalue weighted by molar-refractivity contribution is 5.84. The van der Waals surface area contributed by atoms with Gasteiger partial charge in [0.15, 0.2) is 6.10 Å². The summed E-state index contributed by atoms with van der Waals surface area (Å²) in [6, 6.07) is 7.65. The van der Waals surface area contributed by atoms with Crippen molar-refractivity contribution >= 4 is 17.6 Å². The Bertz CT molecular complexity index is 648. The van der Waals surface area contributed by atoms with Gasteiger partial charge in [-0.2, -0.15) is 13.2 Å². The molecule has 8 heteroatoms. The van der Waals surface area contributed by atoms with Gasteiger partial charge in [-0.05, 0) is 25.0 Å². The Hall–Kier alpha value is -2.09. The van der Waals surface area contributed by atoms with Crippen molar-refractivity contribution < 1.29 is 32.2 Å². The lowest BCUT2D eigenvalue weighted by Crippen LogP contribution is -2.52. The molecule has 0 aromatic heterocycles. The third-order valence-corrected chi connectivity index (χ3v) is 4.46. The summed E-state index contributed by atoms with van der Waals surface area (Å²) < 4.78 is 56.0. The summed E-state index contributed by atoms with van der Waals surface area (Å²) in [6.07, 6.45) is -7.56. The van der Waals surface area contributed by atoms with E-state index < -0.39 is 30.4 Å². The normalized spacial score (nSPS) is 30.0. The second-order valence-corrected chi connectivity index (χ2v) is 6.37. The monoisotopic (exact) mass is 373 g/mol. The zero-order valence-electron chi connectivity index (χ0n) is 15.0. The highest BCUT2D eigenvalue weighted by atomic mass is 19.4. The van der Waals surface area contributed by atoms with Gasteiger partial charge in [-0.15, -0.1) is 0 Å². The van der Waals surface area contributed by atoms with Gasteiger partial charge >= 0.3 is 12.1 Å². The fourth-order valence-electron chi connectivity index (χ4n) is 2.72. The first-order valence-electron chi connectivity index (χ1n) is 8.30. The molecule has 5 atom stereocenters. The van der Waals surface area contributed by atoms with Gasteiger partial charge < -0.3 is 14.2 Å². The number of para-hydroxylation sites is 1. The van der Waals surface area contributed by atoms with Crippen LogP contribution in [0.15, 0.2) is 35.3 Å². The van der Waals surface area contributed by atoms with Crippen LogP contribution in [0.4, 0.5) is 18.9 Å². The van der Waals surface area contributed by atoms with E-state index in [2.05, 4.69) is 4.99 Å². The van der Waals surface area contributed by atoms with Crippen LogP contribution in [-0.4, -0.2) is 36.5 Å². The second-order valence-electron chi connectivity index (χ2n) is 6.37. The molecule has 3 unspecified atom stereocenters. The minimum Gasteiger partial charge on any atom is -0.456 e.